The molecular formula is C15H23ClN2O. The van der Waals surface area contributed by atoms with E-state index in [4.69, 9.17) is 11.6 Å². The Balaban J connectivity index is 2.32. The molecule has 4 heteroatoms. The Bertz CT molecular complexity index is 407. The zero-order chi connectivity index (χ0) is 14.3. The third-order valence-corrected chi connectivity index (χ3v) is 3.33. The lowest BCUT2D eigenvalue weighted by atomic mass is 10.1. The number of hydrogen-bond donors (Lipinski definition) is 2. The summed E-state index contributed by atoms with van der Waals surface area (Å²) in [7, 11) is 0. The molecule has 0 radical (unpaired) electrons. The van der Waals surface area contributed by atoms with E-state index in [9.17, 15) is 4.79 Å². The van der Waals surface area contributed by atoms with Crippen LogP contribution in [-0.2, 0) is 4.79 Å². The van der Waals surface area contributed by atoms with E-state index in [0.717, 1.165) is 23.6 Å². The Morgan fingerprint density at radius 1 is 1.26 bits per heavy atom. The Labute approximate surface area is 120 Å². The molecule has 0 aliphatic rings. The van der Waals surface area contributed by atoms with Crippen LogP contribution in [0, 0.1) is 5.92 Å². The Kier molecular flexibility index (Phi) is 6.89. The van der Waals surface area contributed by atoms with Crippen LogP contribution >= 0.6 is 11.6 Å². The summed E-state index contributed by atoms with van der Waals surface area (Å²) >= 11 is 6.11. The summed E-state index contributed by atoms with van der Waals surface area (Å²) in [4.78, 5) is 11.6. The van der Waals surface area contributed by atoms with Crippen molar-refractivity contribution < 1.29 is 4.79 Å². The maximum absolute atomic E-state index is 11.6. The summed E-state index contributed by atoms with van der Waals surface area (Å²) in [6.07, 6.45) is 1.01. The monoisotopic (exact) mass is 282 g/mol. The molecule has 0 aliphatic carbocycles. The number of carbonyl (C=O) groups is 1. The van der Waals surface area contributed by atoms with Crippen LogP contribution in [0.4, 0.5) is 0 Å². The maximum atomic E-state index is 11.6. The smallest absolute Gasteiger partial charge is 0.233 e. The number of carbonyl (C=O) groups excluding carboxylic acids is 1. The van der Waals surface area contributed by atoms with Crippen molar-refractivity contribution in [2.75, 3.05) is 13.1 Å². The van der Waals surface area contributed by atoms with Crippen molar-refractivity contribution in [2.45, 2.75) is 33.2 Å². The van der Waals surface area contributed by atoms with Crippen molar-refractivity contribution in [1.82, 2.24) is 10.6 Å². The molecule has 1 rings (SSSR count). The molecule has 1 amide bonds. The minimum atomic E-state index is 0.0274. The number of rotatable bonds is 7. The van der Waals surface area contributed by atoms with E-state index in [-0.39, 0.29) is 11.9 Å². The minimum Gasteiger partial charge on any atom is -0.355 e. The van der Waals surface area contributed by atoms with Gasteiger partial charge in [0.1, 0.15) is 0 Å². The van der Waals surface area contributed by atoms with Crippen molar-refractivity contribution in [3.8, 4) is 0 Å². The number of amides is 1. The van der Waals surface area contributed by atoms with Crippen LogP contribution in [0.5, 0.6) is 0 Å². The normalized spacial score (nSPS) is 12.5. The van der Waals surface area contributed by atoms with Crippen LogP contribution in [0.3, 0.4) is 0 Å². The molecule has 1 aromatic carbocycles. The molecule has 0 unspecified atom stereocenters. The van der Waals surface area contributed by atoms with Gasteiger partial charge in [-0.15, -0.1) is 0 Å². The van der Waals surface area contributed by atoms with Crippen molar-refractivity contribution >= 4 is 17.5 Å². The first-order valence-electron chi connectivity index (χ1n) is 6.75. The highest BCUT2D eigenvalue weighted by atomic mass is 35.5. The van der Waals surface area contributed by atoms with Gasteiger partial charge < -0.3 is 10.6 Å². The first-order chi connectivity index (χ1) is 9.00. The molecule has 0 saturated carbocycles. The number of benzene rings is 1. The molecule has 19 heavy (non-hydrogen) atoms. The van der Waals surface area contributed by atoms with E-state index in [1.807, 2.05) is 31.2 Å². The Morgan fingerprint density at radius 3 is 2.58 bits per heavy atom. The van der Waals surface area contributed by atoms with Crippen LogP contribution in [-0.4, -0.2) is 19.0 Å². The minimum absolute atomic E-state index is 0.0274. The lowest BCUT2D eigenvalue weighted by Crippen LogP contribution is -2.35. The Morgan fingerprint density at radius 2 is 1.95 bits per heavy atom. The molecule has 106 valence electrons. The molecule has 1 atom stereocenters. The van der Waals surface area contributed by atoms with Crippen LogP contribution in [0.2, 0.25) is 5.02 Å². The molecule has 0 aromatic heterocycles. The second-order valence-electron chi connectivity index (χ2n) is 5.16. The highest BCUT2D eigenvalue weighted by molar-refractivity contribution is 6.31. The van der Waals surface area contributed by atoms with Gasteiger partial charge in [0.25, 0.3) is 0 Å². The van der Waals surface area contributed by atoms with Gasteiger partial charge in [-0.25, -0.2) is 0 Å². The van der Waals surface area contributed by atoms with Crippen LogP contribution in [0.15, 0.2) is 24.3 Å². The molecule has 0 heterocycles. The third-order valence-electron chi connectivity index (χ3n) is 2.98. The van der Waals surface area contributed by atoms with Gasteiger partial charge in [0, 0.05) is 17.6 Å². The van der Waals surface area contributed by atoms with Gasteiger partial charge in [-0.3, -0.25) is 4.79 Å². The van der Waals surface area contributed by atoms with E-state index in [2.05, 4.69) is 24.5 Å². The number of halogens is 1. The van der Waals surface area contributed by atoms with Gasteiger partial charge in [0.15, 0.2) is 0 Å². The van der Waals surface area contributed by atoms with Crippen LogP contribution < -0.4 is 10.6 Å². The highest BCUT2D eigenvalue weighted by Gasteiger charge is 2.10. The molecular weight excluding hydrogens is 260 g/mol. The summed E-state index contributed by atoms with van der Waals surface area (Å²) < 4.78 is 0. The average Bonchev–Trinajstić information content (AvgIpc) is 2.36. The summed E-state index contributed by atoms with van der Waals surface area (Å²) in [6, 6.07) is 7.73. The third kappa shape index (κ3) is 6.08. The molecule has 2 N–H and O–H groups in total. The molecule has 3 nitrogen and oxygen atoms in total. The van der Waals surface area contributed by atoms with Gasteiger partial charge in [-0.1, -0.05) is 43.6 Å². The summed E-state index contributed by atoms with van der Waals surface area (Å²) in [5.41, 5.74) is 1.01. The summed E-state index contributed by atoms with van der Waals surface area (Å²) in [6.45, 7) is 7.33. The van der Waals surface area contributed by atoms with Crippen LogP contribution in [0.1, 0.15) is 38.8 Å². The quantitative estimate of drug-likeness (QED) is 0.807. The lowest BCUT2D eigenvalue weighted by Gasteiger charge is -2.15. The number of hydrogen-bond acceptors (Lipinski definition) is 2. The molecule has 1 aromatic rings. The molecule has 0 saturated heterocycles. The fourth-order valence-electron chi connectivity index (χ4n) is 1.74. The summed E-state index contributed by atoms with van der Waals surface area (Å²) in [5.74, 6) is 0.634. The zero-order valence-electron chi connectivity index (χ0n) is 11.9. The van der Waals surface area contributed by atoms with Crippen molar-refractivity contribution in [2.24, 2.45) is 5.92 Å². The predicted octanol–water partition coefficient (Wildman–Crippen LogP) is 3.15. The van der Waals surface area contributed by atoms with E-state index in [1.54, 1.807) is 0 Å². The summed E-state index contributed by atoms with van der Waals surface area (Å²) in [5, 5.41) is 6.81. The fourth-order valence-corrected chi connectivity index (χ4v) is 2.04. The first kappa shape index (κ1) is 16.0. The maximum Gasteiger partial charge on any atom is 0.233 e. The van der Waals surface area contributed by atoms with Crippen molar-refractivity contribution in [1.29, 1.82) is 0 Å². The van der Waals surface area contributed by atoms with E-state index in [1.165, 1.54) is 0 Å². The van der Waals surface area contributed by atoms with Gasteiger partial charge in [-0.2, -0.15) is 0 Å². The fraction of sp³-hybridized carbons (Fsp3) is 0.533. The van der Waals surface area contributed by atoms with Gasteiger partial charge in [-0.05, 0) is 30.9 Å². The largest absolute Gasteiger partial charge is 0.355 e. The topological polar surface area (TPSA) is 41.1 Å². The second-order valence-corrected chi connectivity index (χ2v) is 5.56. The first-order valence-corrected chi connectivity index (χ1v) is 7.13. The van der Waals surface area contributed by atoms with Crippen LogP contribution in [0.25, 0.3) is 0 Å². The molecule has 0 spiro atoms. The average molecular weight is 283 g/mol. The zero-order valence-corrected chi connectivity index (χ0v) is 12.6. The molecule has 0 fully saturated rings. The van der Waals surface area contributed by atoms with Gasteiger partial charge in [0.2, 0.25) is 5.91 Å². The molecule has 0 bridgehead atoms. The number of nitrogens with one attached hydrogen (secondary N) is 2. The van der Waals surface area contributed by atoms with Gasteiger partial charge in [0.05, 0.1) is 6.54 Å². The SMILES string of the molecule is CC(C)CCNC(=O)CN[C@H](C)c1ccccc1Cl. The van der Waals surface area contributed by atoms with Crippen molar-refractivity contribution in [3.05, 3.63) is 34.9 Å². The van der Waals surface area contributed by atoms with E-state index >= 15 is 0 Å². The standard InChI is InChI=1S/C15H23ClN2O/c1-11(2)8-9-17-15(19)10-18-12(3)13-6-4-5-7-14(13)16/h4-7,11-12,18H,8-10H2,1-3H3,(H,17,19)/t12-/m1/s1. The second kappa shape index (κ2) is 8.18. The van der Waals surface area contributed by atoms with Gasteiger partial charge >= 0.3 is 0 Å². The van der Waals surface area contributed by atoms with E-state index < -0.39 is 0 Å². The predicted molar refractivity (Wildman–Crippen MR) is 80.3 cm³/mol. The Hall–Kier alpha value is -1.06. The lowest BCUT2D eigenvalue weighted by molar-refractivity contribution is -0.120. The van der Waals surface area contributed by atoms with Crippen molar-refractivity contribution in [3.63, 3.8) is 0 Å². The highest BCUT2D eigenvalue weighted by Crippen LogP contribution is 2.21. The molecule has 0 aliphatic heterocycles. The van der Waals surface area contributed by atoms with E-state index in [0.29, 0.717) is 12.5 Å².